The lowest BCUT2D eigenvalue weighted by Crippen LogP contribution is -2.23. The molecule has 1 heterocycles. The molecule has 28 heavy (non-hydrogen) atoms. The number of hydrogen-bond acceptors (Lipinski definition) is 6. The van der Waals surface area contributed by atoms with Crippen LogP contribution in [0.4, 0.5) is 5.69 Å². The van der Waals surface area contributed by atoms with E-state index >= 15 is 0 Å². The highest BCUT2D eigenvalue weighted by Gasteiger charge is 2.34. The minimum atomic E-state index is -0.731. The number of fused-ring (bicyclic) bond motifs is 2. The van der Waals surface area contributed by atoms with Crippen LogP contribution in [0.3, 0.4) is 0 Å². The van der Waals surface area contributed by atoms with Crippen LogP contribution in [0.15, 0.2) is 66.7 Å². The van der Waals surface area contributed by atoms with Gasteiger partial charge in [0.05, 0.1) is 18.1 Å². The maximum atomic E-state index is 13.1. The first kappa shape index (κ1) is 17.5. The molecule has 0 N–H and O–H groups in total. The minimum absolute atomic E-state index is 0.0110. The standard InChI is InChI=1S/C21H15NO6/c1-26-18-11-10-13(22(24)25)12-19(18)28-21(23)20-14-6-2-4-8-16(14)27-17-9-5-3-7-15(17)20/h2-12,20H,1H3. The number of nitrogens with zero attached hydrogens (tertiary/aromatic N) is 1. The molecule has 4 rings (SSSR count). The van der Waals surface area contributed by atoms with Gasteiger partial charge in [-0.1, -0.05) is 36.4 Å². The maximum absolute atomic E-state index is 13.1. The molecule has 0 atom stereocenters. The van der Waals surface area contributed by atoms with Crippen molar-refractivity contribution in [2.45, 2.75) is 5.92 Å². The molecule has 0 bridgehead atoms. The van der Waals surface area contributed by atoms with Crippen molar-refractivity contribution < 1.29 is 23.9 Å². The lowest BCUT2D eigenvalue weighted by Gasteiger charge is -2.26. The summed E-state index contributed by atoms with van der Waals surface area (Å²) in [6.45, 7) is 0. The van der Waals surface area contributed by atoms with Crippen LogP contribution in [-0.2, 0) is 4.79 Å². The summed E-state index contributed by atoms with van der Waals surface area (Å²) in [4.78, 5) is 23.7. The highest BCUT2D eigenvalue weighted by atomic mass is 16.6. The number of ether oxygens (including phenoxy) is 3. The van der Waals surface area contributed by atoms with Crippen LogP contribution >= 0.6 is 0 Å². The quantitative estimate of drug-likeness (QED) is 0.289. The van der Waals surface area contributed by atoms with E-state index < -0.39 is 16.8 Å². The van der Waals surface area contributed by atoms with Gasteiger partial charge in [-0.15, -0.1) is 0 Å². The van der Waals surface area contributed by atoms with Crippen molar-refractivity contribution in [1.82, 2.24) is 0 Å². The van der Waals surface area contributed by atoms with E-state index in [0.29, 0.717) is 22.6 Å². The van der Waals surface area contributed by atoms with Crippen LogP contribution in [0.2, 0.25) is 0 Å². The average Bonchev–Trinajstić information content (AvgIpc) is 2.71. The number of benzene rings is 3. The molecule has 7 heteroatoms. The number of nitro benzene ring substituents is 1. The highest BCUT2D eigenvalue weighted by Crippen LogP contribution is 2.45. The molecule has 7 nitrogen and oxygen atoms in total. The first-order valence-electron chi connectivity index (χ1n) is 8.48. The van der Waals surface area contributed by atoms with Crippen molar-refractivity contribution in [3.8, 4) is 23.0 Å². The fourth-order valence-corrected chi connectivity index (χ4v) is 3.19. The van der Waals surface area contributed by atoms with Crippen molar-refractivity contribution in [1.29, 1.82) is 0 Å². The van der Waals surface area contributed by atoms with E-state index in [1.807, 2.05) is 24.3 Å². The molecule has 0 unspecified atom stereocenters. The Labute approximate surface area is 160 Å². The molecule has 0 spiro atoms. The molecule has 0 saturated carbocycles. The third kappa shape index (κ3) is 3.03. The number of carbonyl (C=O) groups excluding carboxylic acids is 1. The van der Waals surface area contributed by atoms with Gasteiger partial charge >= 0.3 is 5.97 Å². The van der Waals surface area contributed by atoms with Crippen molar-refractivity contribution in [3.05, 3.63) is 88.0 Å². The molecule has 0 aromatic heterocycles. The Bertz CT molecular complexity index is 1030. The molecule has 0 amide bonds. The average molecular weight is 377 g/mol. The zero-order valence-electron chi connectivity index (χ0n) is 14.8. The number of para-hydroxylation sites is 2. The number of methoxy groups -OCH3 is 1. The number of carbonyl (C=O) groups is 1. The van der Waals surface area contributed by atoms with Crippen LogP contribution < -0.4 is 14.2 Å². The summed E-state index contributed by atoms with van der Waals surface area (Å²) < 4.78 is 16.6. The predicted octanol–water partition coefficient (Wildman–Crippen LogP) is 4.45. The largest absolute Gasteiger partial charge is 0.493 e. The molecular weight excluding hydrogens is 362 g/mol. The monoisotopic (exact) mass is 377 g/mol. The van der Waals surface area contributed by atoms with Crippen molar-refractivity contribution in [3.63, 3.8) is 0 Å². The number of hydrogen-bond donors (Lipinski definition) is 0. The Morgan fingerprint density at radius 1 is 0.964 bits per heavy atom. The molecular formula is C21H15NO6. The van der Waals surface area contributed by atoms with Crippen LogP contribution in [0, 0.1) is 10.1 Å². The predicted molar refractivity (Wildman–Crippen MR) is 100 cm³/mol. The van der Waals surface area contributed by atoms with Gasteiger partial charge in [-0.3, -0.25) is 14.9 Å². The summed E-state index contributed by atoms with van der Waals surface area (Å²) in [6.07, 6.45) is 0. The maximum Gasteiger partial charge on any atom is 0.323 e. The van der Waals surface area contributed by atoms with Gasteiger partial charge in [-0.25, -0.2) is 0 Å². The smallest absolute Gasteiger partial charge is 0.323 e. The molecule has 140 valence electrons. The van der Waals surface area contributed by atoms with E-state index in [0.717, 1.165) is 0 Å². The first-order chi connectivity index (χ1) is 13.6. The van der Waals surface area contributed by atoms with Gasteiger partial charge in [0.2, 0.25) is 0 Å². The molecule has 3 aromatic rings. The summed E-state index contributed by atoms with van der Waals surface area (Å²) >= 11 is 0. The number of esters is 1. The highest BCUT2D eigenvalue weighted by molar-refractivity contribution is 5.87. The Kier molecular flexibility index (Phi) is 4.41. The van der Waals surface area contributed by atoms with Gasteiger partial charge in [0.1, 0.15) is 17.4 Å². The van der Waals surface area contributed by atoms with Gasteiger partial charge in [0.25, 0.3) is 5.69 Å². The van der Waals surface area contributed by atoms with Crippen LogP contribution in [0.5, 0.6) is 23.0 Å². The second-order valence-electron chi connectivity index (χ2n) is 6.12. The second kappa shape index (κ2) is 7.03. The third-order valence-corrected chi connectivity index (χ3v) is 4.48. The lowest BCUT2D eigenvalue weighted by molar-refractivity contribution is -0.384. The molecule has 0 aliphatic carbocycles. The van der Waals surface area contributed by atoms with Gasteiger partial charge in [0, 0.05) is 17.2 Å². The Morgan fingerprint density at radius 3 is 2.14 bits per heavy atom. The van der Waals surface area contributed by atoms with Crippen molar-refractivity contribution in [2.75, 3.05) is 7.11 Å². The Balaban J connectivity index is 1.75. The van der Waals surface area contributed by atoms with E-state index in [-0.39, 0.29) is 17.2 Å². The first-order valence-corrected chi connectivity index (χ1v) is 8.48. The van der Waals surface area contributed by atoms with Gasteiger partial charge < -0.3 is 14.2 Å². The summed E-state index contributed by atoms with van der Waals surface area (Å²) in [5.41, 5.74) is 1.13. The summed E-state index contributed by atoms with van der Waals surface area (Å²) in [7, 11) is 1.40. The second-order valence-corrected chi connectivity index (χ2v) is 6.12. The van der Waals surface area contributed by atoms with E-state index in [4.69, 9.17) is 14.2 Å². The molecule has 1 aliphatic heterocycles. The zero-order chi connectivity index (χ0) is 19.7. The normalized spacial score (nSPS) is 12.3. The molecule has 3 aromatic carbocycles. The van der Waals surface area contributed by atoms with E-state index in [2.05, 4.69) is 0 Å². The van der Waals surface area contributed by atoms with E-state index in [9.17, 15) is 14.9 Å². The summed E-state index contributed by atoms with van der Waals surface area (Å²) in [5.74, 6) is 0.0335. The lowest BCUT2D eigenvalue weighted by atomic mass is 9.88. The fourth-order valence-electron chi connectivity index (χ4n) is 3.19. The van der Waals surface area contributed by atoms with Gasteiger partial charge in [0.15, 0.2) is 11.5 Å². The number of rotatable bonds is 4. The number of nitro groups is 1. The van der Waals surface area contributed by atoms with Crippen LogP contribution in [0.25, 0.3) is 0 Å². The van der Waals surface area contributed by atoms with Crippen LogP contribution in [0.1, 0.15) is 17.0 Å². The molecule has 0 radical (unpaired) electrons. The number of non-ortho nitro benzene ring substituents is 1. The summed E-state index contributed by atoms with van der Waals surface area (Å²) in [6, 6.07) is 18.3. The third-order valence-electron chi connectivity index (χ3n) is 4.48. The van der Waals surface area contributed by atoms with E-state index in [1.165, 1.54) is 25.3 Å². The zero-order valence-corrected chi connectivity index (χ0v) is 14.8. The fraction of sp³-hybridized carbons (Fsp3) is 0.0952. The van der Waals surface area contributed by atoms with Gasteiger partial charge in [-0.2, -0.15) is 0 Å². The van der Waals surface area contributed by atoms with Crippen molar-refractivity contribution in [2.24, 2.45) is 0 Å². The topological polar surface area (TPSA) is 87.9 Å². The molecule has 0 saturated heterocycles. The van der Waals surface area contributed by atoms with Crippen LogP contribution in [-0.4, -0.2) is 18.0 Å². The minimum Gasteiger partial charge on any atom is -0.493 e. The molecule has 1 aliphatic rings. The Hall–Kier alpha value is -3.87. The SMILES string of the molecule is COc1ccc([N+](=O)[O-])cc1OC(=O)C1c2ccccc2Oc2ccccc21. The summed E-state index contributed by atoms with van der Waals surface area (Å²) in [5, 5.41) is 11.1. The van der Waals surface area contributed by atoms with Gasteiger partial charge in [-0.05, 0) is 18.2 Å². The van der Waals surface area contributed by atoms with E-state index in [1.54, 1.807) is 24.3 Å². The molecule has 0 fully saturated rings. The Morgan fingerprint density at radius 2 is 1.57 bits per heavy atom. The van der Waals surface area contributed by atoms with Crippen molar-refractivity contribution >= 4 is 11.7 Å².